The highest BCUT2D eigenvalue weighted by atomic mass is 35.5. The Hall–Kier alpha value is -2.07. The number of nitrogens with zero attached hydrogens (tertiary/aromatic N) is 1. The van der Waals surface area contributed by atoms with Gasteiger partial charge >= 0.3 is 0 Å². The van der Waals surface area contributed by atoms with E-state index < -0.39 is 5.82 Å². The van der Waals surface area contributed by atoms with Gasteiger partial charge in [0.2, 0.25) is 5.91 Å². The zero-order valence-electron chi connectivity index (χ0n) is 11.6. The lowest BCUT2D eigenvalue weighted by Gasteiger charge is -2.22. The molecule has 2 rings (SSSR count). The van der Waals surface area contributed by atoms with E-state index >= 15 is 0 Å². The number of hydrogen-bond donors (Lipinski definition) is 1. The minimum atomic E-state index is -0.473. The van der Waals surface area contributed by atoms with Crippen molar-refractivity contribution in [2.24, 2.45) is 0 Å². The first-order valence-corrected chi connectivity index (χ1v) is 6.99. The second kappa shape index (κ2) is 6.59. The van der Waals surface area contributed by atoms with Crippen LogP contribution in [0.4, 0.5) is 15.8 Å². The highest BCUT2D eigenvalue weighted by molar-refractivity contribution is 6.31. The van der Waals surface area contributed by atoms with Gasteiger partial charge in [0.05, 0.1) is 6.42 Å². The molecule has 0 spiro atoms. The lowest BCUT2D eigenvalue weighted by molar-refractivity contribution is -0.118. The summed E-state index contributed by atoms with van der Waals surface area (Å²) in [7, 11) is 0. The average molecular weight is 307 g/mol. The SMILES string of the molecule is CCN(C(=O)Cc1c(F)cccc1Cl)c1cccc(N)c1. The van der Waals surface area contributed by atoms with Crippen molar-refractivity contribution in [1.82, 2.24) is 0 Å². The Labute approximate surface area is 128 Å². The summed E-state index contributed by atoms with van der Waals surface area (Å²) < 4.78 is 13.8. The Morgan fingerprint density at radius 3 is 2.62 bits per heavy atom. The van der Waals surface area contributed by atoms with Crippen molar-refractivity contribution in [3.8, 4) is 0 Å². The van der Waals surface area contributed by atoms with Crippen molar-refractivity contribution in [3.05, 3.63) is 58.9 Å². The topological polar surface area (TPSA) is 46.3 Å². The molecule has 0 bridgehead atoms. The summed E-state index contributed by atoms with van der Waals surface area (Å²) >= 11 is 5.96. The van der Waals surface area contributed by atoms with E-state index in [2.05, 4.69) is 0 Å². The molecule has 2 aromatic carbocycles. The maximum absolute atomic E-state index is 13.8. The van der Waals surface area contributed by atoms with Gasteiger partial charge in [-0.3, -0.25) is 4.79 Å². The number of nitrogen functional groups attached to an aromatic ring is 1. The van der Waals surface area contributed by atoms with Crippen molar-refractivity contribution in [3.63, 3.8) is 0 Å². The highest BCUT2D eigenvalue weighted by Crippen LogP contribution is 2.23. The predicted molar refractivity (Wildman–Crippen MR) is 84.0 cm³/mol. The van der Waals surface area contributed by atoms with Gasteiger partial charge in [-0.05, 0) is 37.3 Å². The highest BCUT2D eigenvalue weighted by Gasteiger charge is 2.18. The average Bonchev–Trinajstić information content (AvgIpc) is 2.44. The van der Waals surface area contributed by atoms with E-state index in [-0.39, 0.29) is 22.9 Å². The summed E-state index contributed by atoms with van der Waals surface area (Å²) in [5.74, 6) is -0.699. The van der Waals surface area contributed by atoms with Crippen molar-refractivity contribution in [1.29, 1.82) is 0 Å². The summed E-state index contributed by atoms with van der Waals surface area (Å²) in [6.45, 7) is 2.32. The van der Waals surface area contributed by atoms with Crippen LogP contribution in [0.2, 0.25) is 5.02 Å². The van der Waals surface area contributed by atoms with Gasteiger partial charge in [0.1, 0.15) is 5.82 Å². The van der Waals surface area contributed by atoms with Gasteiger partial charge in [-0.25, -0.2) is 4.39 Å². The van der Waals surface area contributed by atoms with E-state index in [1.807, 2.05) is 6.92 Å². The first-order valence-electron chi connectivity index (χ1n) is 6.61. The van der Waals surface area contributed by atoms with Crippen molar-refractivity contribution in [2.75, 3.05) is 17.2 Å². The fraction of sp³-hybridized carbons (Fsp3) is 0.188. The van der Waals surface area contributed by atoms with E-state index in [9.17, 15) is 9.18 Å². The van der Waals surface area contributed by atoms with Crippen LogP contribution < -0.4 is 10.6 Å². The first kappa shape index (κ1) is 15.3. The molecule has 0 heterocycles. The quantitative estimate of drug-likeness (QED) is 0.876. The molecule has 0 atom stereocenters. The van der Waals surface area contributed by atoms with Crippen LogP contribution in [0, 0.1) is 5.82 Å². The summed E-state index contributed by atoms with van der Waals surface area (Å²) in [5.41, 5.74) is 7.21. The monoisotopic (exact) mass is 306 g/mol. The van der Waals surface area contributed by atoms with Crippen LogP contribution in [0.15, 0.2) is 42.5 Å². The lowest BCUT2D eigenvalue weighted by Crippen LogP contribution is -2.32. The molecular weight excluding hydrogens is 291 g/mol. The van der Waals surface area contributed by atoms with Crippen LogP contribution in [0.25, 0.3) is 0 Å². The third kappa shape index (κ3) is 3.52. The van der Waals surface area contributed by atoms with Crippen LogP contribution in [0.3, 0.4) is 0 Å². The van der Waals surface area contributed by atoms with Crippen molar-refractivity contribution >= 4 is 28.9 Å². The van der Waals surface area contributed by atoms with Gasteiger partial charge in [-0.15, -0.1) is 0 Å². The van der Waals surface area contributed by atoms with E-state index in [0.29, 0.717) is 17.9 Å². The van der Waals surface area contributed by atoms with E-state index in [1.165, 1.54) is 12.1 Å². The van der Waals surface area contributed by atoms with Gasteiger partial charge in [0.25, 0.3) is 0 Å². The van der Waals surface area contributed by atoms with Crippen LogP contribution in [0.1, 0.15) is 12.5 Å². The molecule has 0 fully saturated rings. The smallest absolute Gasteiger partial charge is 0.231 e. The first-order chi connectivity index (χ1) is 10.0. The van der Waals surface area contributed by atoms with Crippen LogP contribution in [-0.2, 0) is 11.2 Å². The summed E-state index contributed by atoms with van der Waals surface area (Å²) in [6.07, 6.45) is -0.0891. The number of anilines is 2. The molecule has 1 amide bonds. The molecule has 0 aromatic heterocycles. The number of amides is 1. The molecule has 0 aliphatic heterocycles. The second-order valence-electron chi connectivity index (χ2n) is 4.61. The molecule has 0 radical (unpaired) electrons. The summed E-state index contributed by atoms with van der Waals surface area (Å²) in [4.78, 5) is 14.0. The normalized spacial score (nSPS) is 10.4. The molecule has 0 aliphatic rings. The minimum Gasteiger partial charge on any atom is -0.399 e. The number of carbonyl (C=O) groups is 1. The molecular formula is C16H16ClFN2O. The number of benzene rings is 2. The van der Waals surface area contributed by atoms with Crippen LogP contribution in [0.5, 0.6) is 0 Å². The minimum absolute atomic E-state index is 0.0891. The molecule has 2 aromatic rings. The predicted octanol–water partition coefficient (Wildman–Crippen LogP) is 3.66. The zero-order chi connectivity index (χ0) is 15.4. The maximum atomic E-state index is 13.8. The Morgan fingerprint density at radius 2 is 2.00 bits per heavy atom. The van der Waals surface area contributed by atoms with Gasteiger partial charge in [-0.2, -0.15) is 0 Å². The Kier molecular flexibility index (Phi) is 4.81. The van der Waals surface area contributed by atoms with Gasteiger partial charge < -0.3 is 10.6 Å². The number of likely N-dealkylation sites (N-methyl/N-ethyl adjacent to an activating group) is 1. The number of nitrogens with two attached hydrogens (primary N) is 1. The molecule has 3 nitrogen and oxygen atoms in total. The van der Waals surface area contributed by atoms with Gasteiger partial charge in [0, 0.05) is 28.5 Å². The second-order valence-corrected chi connectivity index (χ2v) is 5.02. The molecule has 21 heavy (non-hydrogen) atoms. The number of carbonyl (C=O) groups excluding carboxylic acids is 1. The largest absolute Gasteiger partial charge is 0.399 e. The fourth-order valence-corrected chi connectivity index (χ4v) is 2.37. The maximum Gasteiger partial charge on any atom is 0.231 e. The summed E-state index contributed by atoms with van der Waals surface area (Å²) in [5, 5.41) is 0.256. The molecule has 2 N–H and O–H groups in total. The molecule has 0 aliphatic carbocycles. The summed E-state index contributed by atoms with van der Waals surface area (Å²) in [6, 6.07) is 11.4. The Balaban J connectivity index is 2.25. The number of hydrogen-bond acceptors (Lipinski definition) is 2. The molecule has 5 heteroatoms. The van der Waals surface area contributed by atoms with Crippen LogP contribution in [-0.4, -0.2) is 12.5 Å². The zero-order valence-corrected chi connectivity index (χ0v) is 12.4. The third-order valence-corrected chi connectivity index (χ3v) is 3.54. The number of rotatable bonds is 4. The Morgan fingerprint density at radius 1 is 1.29 bits per heavy atom. The van der Waals surface area contributed by atoms with E-state index in [0.717, 1.165) is 0 Å². The molecule has 0 saturated carbocycles. The van der Waals surface area contributed by atoms with Gasteiger partial charge in [0.15, 0.2) is 0 Å². The van der Waals surface area contributed by atoms with Crippen molar-refractivity contribution < 1.29 is 9.18 Å². The van der Waals surface area contributed by atoms with Crippen LogP contribution >= 0.6 is 11.6 Å². The van der Waals surface area contributed by atoms with Crippen molar-refractivity contribution in [2.45, 2.75) is 13.3 Å². The van der Waals surface area contributed by atoms with E-state index in [4.69, 9.17) is 17.3 Å². The van der Waals surface area contributed by atoms with Gasteiger partial charge in [-0.1, -0.05) is 23.7 Å². The molecule has 110 valence electrons. The fourth-order valence-electron chi connectivity index (χ4n) is 2.14. The third-order valence-electron chi connectivity index (χ3n) is 3.19. The molecule has 0 unspecified atom stereocenters. The van der Waals surface area contributed by atoms with E-state index in [1.54, 1.807) is 35.2 Å². The Bertz CT molecular complexity index is 640. The number of halogens is 2. The standard InChI is InChI=1S/C16H16ClFN2O/c1-2-20(12-6-3-5-11(19)9-12)16(21)10-13-14(17)7-4-8-15(13)18/h3-9H,2,10,19H2,1H3. The lowest BCUT2D eigenvalue weighted by atomic mass is 10.1. The molecule has 0 saturated heterocycles.